The molecule has 3 heterocycles. The topological polar surface area (TPSA) is 105 Å². The number of ether oxygens (including phenoxy) is 1. The summed E-state index contributed by atoms with van der Waals surface area (Å²) < 4.78 is 21.1. The van der Waals surface area contributed by atoms with Gasteiger partial charge in [0, 0.05) is 19.2 Å². The fraction of sp³-hybridized carbons (Fsp3) is 0.167. The molecule has 0 saturated carbocycles. The highest BCUT2D eigenvalue weighted by Crippen LogP contribution is 2.47. The van der Waals surface area contributed by atoms with Gasteiger partial charge < -0.3 is 25.2 Å². The van der Waals surface area contributed by atoms with E-state index in [0.29, 0.717) is 42.4 Å². The van der Waals surface area contributed by atoms with Crippen molar-refractivity contribution in [2.75, 3.05) is 28.6 Å². The summed E-state index contributed by atoms with van der Waals surface area (Å²) in [6.45, 7) is 4.25. The maximum Gasteiger partial charge on any atom is 0.246 e. The monoisotopic (exact) mass is 460 g/mol. The minimum atomic E-state index is -0.921. The van der Waals surface area contributed by atoms with Crippen molar-refractivity contribution in [1.82, 2.24) is 14.9 Å². The zero-order valence-electron chi connectivity index (χ0n) is 18.0. The van der Waals surface area contributed by atoms with Crippen LogP contribution in [0, 0.1) is 5.82 Å². The summed E-state index contributed by atoms with van der Waals surface area (Å²) in [6, 6.07) is 13.2. The molecule has 0 aliphatic carbocycles. The maximum absolute atomic E-state index is 15.4. The van der Waals surface area contributed by atoms with Gasteiger partial charge in [0.15, 0.2) is 29.9 Å². The number of nitrogens with two attached hydrogens (primary N) is 1. The molecule has 1 saturated heterocycles. The Morgan fingerprint density at radius 3 is 2.59 bits per heavy atom. The molecular formula is C24H21FN6O3. The Morgan fingerprint density at radius 2 is 1.91 bits per heavy atom. The number of aldehydes is 1. The molecule has 1 fully saturated rings. The van der Waals surface area contributed by atoms with Gasteiger partial charge in [0.05, 0.1) is 11.7 Å². The highest BCUT2D eigenvalue weighted by Gasteiger charge is 2.47. The number of carbonyl (C=O) groups excluding carboxylic acids is 2. The summed E-state index contributed by atoms with van der Waals surface area (Å²) in [6.07, 6.45) is 2.32. The SMILES string of the molecule is C=CC(=O)N1CC(N2c3ncnc(N)c3N(c3ccc(Oc4ccccc4)cc3F)C2C=O)C1. The molecule has 1 atom stereocenters. The van der Waals surface area contributed by atoms with Crippen LogP contribution in [0.1, 0.15) is 0 Å². The standard InChI is InChI=1S/C24H21FN6O3/c1-2-21(33)29-11-15(12-29)30-20(13-32)31(22-23(26)27-14-28-24(22)30)19-9-8-17(10-18(19)25)34-16-6-4-3-5-7-16/h2-10,13-15,20H,1,11-12H2,(H2,26,27,28). The van der Waals surface area contributed by atoms with Crippen molar-refractivity contribution in [3.05, 3.63) is 73.3 Å². The van der Waals surface area contributed by atoms with Crippen LogP contribution in [0.25, 0.3) is 0 Å². The van der Waals surface area contributed by atoms with Crippen LogP contribution in [-0.2, 0) is 9.59 Å². The minimum Gasteiger partial charge on any atom is -0.457 e. The zero-order valence-corrected chi connectivity index (χ0v) is 18.0. The van der Waals surface area contributed by atoms with Gasteiger partial charge in [-0.25, -0.2) is 14.4 Å². The quantitative estimate of drug-likeness (QED) is 0.442. The summed E-state index contributed by atoms with van der Waals surface area (Å²) in [5, 5.41) is 0. The van der Waals surface area contributed by atoms with Gasteiger partial charge >= 0.3 is 0 Å². The molecule has 34 heavy (non-hydrogen) atoms. The van der Waals surface area contributed by atoms with Crippen molar-refractivity contribution in [3.8, 4) is 11.5 Å². The van der Waals surface area contributed by atoms with E-state index in [0.717, 1.165) is 0 Å². The number of fused-ring (bicyclic) bond motifs is 1. The summed E-state index contributed by atoms with van der Waals surface area (Å²) in [7, 11) is 0. The Bertz CT molecular complexity index is 1260. The first kappa shape index (κ1) is 21.4. The highest BCUT2D eigenvalue weighted by atomic mass is 19.1. The third kappa shape index (κ3) is 3.49. The van der Waals surface area contributed by atoms with E-state index in [4.69, 9.17) is 10.5 Å². The molecule has 1 amide bonds. The minimum absolute atomic E-state index is 0.113. The van der Waals surface area contributed by atoms with Crippen LogP contribution < -0.4 is 20.3 Å². The van der Waals surface area contributed by atoms with E-state index in [2.05, 4.69) is 16.5 Å². The van der Waals surface area contributed by atoms with Gasteiger partial charge in [-0.15, -0.1) is 0 Å². The number of anilines is 4. The molecule has 2 aliphatic heterocycles. The average molecular weight is 460 g/mol. The number of amides is 1. The number of halogens is 1. The zero-order chi connectivity index (χ0) is 23.8. The van der Waals surface area contributed by atoms with Crippen molar-refractivity contribution in [2.45, 2.75) is 12.2 Å². The highest BCUT2D eigenvalue weighted by molar-refractivity contribution is 5.95. The van der Waals surface area contributed by atoms with E-state index < -0.39 is 12.0 Å². The average Bonchev–Trinajstić information content (AvgIpc) is 3.14. The smallest absolute Gasteiger partial charge is 0.246 e. The number of nitrogens with zero attached hydrogens (tertiary/aromatic N) is 5. The van der Waals surface area contributed by atoms with Crippen LogP contribution in [0.3, 0.4) is 0 Å². The number of para-hydroxylation sites is 1. The second-order valence-corrected chi connectivity index (χ2v) is 7.89. The van der Waals surface area contributed by atoms with E-state index in [-0.39, 0.29) is 23.5 Å². The van der Waals surface area contributed by atoms with E-state index in [1.807, 2.05) is 18.2 Å². The molecule has 2 aromatic carbocycles. The number of benzene rings is 2. The Hall–Kier alpha value is -4.47. The van der Waals surface area contributed by atoms with Crippen LogP contribution in [0.15, 0.2) is 67.5 Å². The van der Waals surface area contributed by atoms with Crippen molar-refractivity contribution in [1.29, 1.82) is 0 Å². The van der Waals surface area contributed by atoms with Gasteiger partial charge in [0.25, 0.3) is 0 Å². The molecule has 0 bridgehead atoms. The number of rotatable bonds is 6. The first-order valence-electron chi connectivity index (χ1n) is 10.6. The lowest BCUT2D eigenvalue weighted by molar-refractivity contribution is -0.130. The van der Waals surface area contributed by atoms with E-state index in [1.54, 1.807) is 28.0 Å². The van der Waals surface area contributed by atoms with E-state index in [9.17, 15) is 9.59 Å². The van der Waals surface area contributed by atoms with E-state index >= 15 is 4.39 Å². The number of carbonyl (C=O) groups is 2. The molecule has 9 nitrogen and oxygen atoms in total. The number of nitrogen functional groups attached to an aromatic ring is 1. The maximum atomic E-state index is 15.4. The molecule has 5 rings (SSSR count). The molecular weight excluding hydrogens is 439 g/mol. The normalized spacial score (nSPS) is 17.2. The molecule has 2 N–H and O–H groups in total. The summed E-state index contributed by atoms with van der Waals surface area (Å²) in [5.41, 5.74) is 6.62. The van der Waals surface area contributed by atoms with Crippen LogP contribution in [0.5, 0.6) is 11.5 Å². The molecule has 1 aromatic heterocycles. The number of hydrogen-bond donors (Lipinski definition) is 1. The number of hydrogen-bond acceptors (Lipinski definition) is 8. The Morgan fingerprint density at radius 1 is 1.15 bits per heavy atom. The first-order valence-corrected chi connectivity index (χ1v) is 10.6. The summed E-state index contributed by atoms with van der Waals surface area (Å²) in [4.78, 5) is 37.4. The first-order chi connectivity index (χ1) is 16.5. The molecule has 3 aromatic rings. The largest absolute Gasteiger partial charge is 0.457 e. The lowest BCUT2D eigenvalue weighted by Gasteiger charge is -2.45. The van der Waals surface area contributed by atoms with Gasteiger partial charge in [0.2, 0.25) is 5.91 Å². The van der Waals surface area contributed by atoms with Gasteiger partial charge in [-0.05, 0) is 30.3 Å². The van der Waals surface area contributed by atoms with Crippen LogP contribution in [-0.4, -0.2) is 52.4 Å². The van der Waals surface area contributed by atoms with Crippen molar-refractivity contribution < 1.29 is 18.7 Å². The van der Waals surface area contributed by atoms with Gasteiger partial charge in [-0.3, -0.25) is 9.59 Å². The number of aromatic nitrogens is 2. The molecule has 2 aliphatic rings. The van der Waals surface area contributed by atoms with Crippen LogP contribution in [0.2, 0.25) is 0 Å². The third-order valence-electron chi connectivity index (χ3n) is 5.89. The fourth-order valence-corrected chi connectivity index (χ4v) is 4.27. The Kier molecular flexibility index (Phi) is 5.33. The molecule has 172 valence electrons. The van der Waals surface area contributed by atoms with Crippen LogP contribution >= 0.6 is 0 Å². The Balaban J connectivity index is 1.50. The van der Waals surface area contributed by atoms with Crippen molar-refractivity contribution in [2.24, 2.45) is 0 Å². The van der Waals surface area contributed by atoms with Gasteiger partial charge in [-0.1, -0.05) is 24.8 Å². The van der Waals surface area contributed by atoms with E-state index in [1.165, 1.54) is 29.4 Å². The molecule has 1 unspecified atom stereocenters. The van der Waals surface area contributed by atoms with Gasteiger partial charge in [0.1, 0.15) is 23.5 Å². The lowest BCUT2D eigenvalue weighted by Crippen LogP contribution is -2.64. The molecule has 0 spiro atoms. The van der Waals surface area contributed by atoms with Crippen molar-refractivity contribution in [3.63, 3.8) is 0 Å². The van der Waals surface area contributed by atoms with Gasteiger partial charge in [-0.2, -0.15) is 0 Å². The summed E-state index contributed by atoms with van der Waals surface area (Å²) >= 11 is 0. The Labute approximate surface area is 194 Å². The predicted molar refractivity (Wildman–Crippen MR) is 124 cm³/mol. The second kappa shape index (κ2) is 8.47. The van der Waals surface area contributed by atoms with Crippen molar-refractivity contribution >= 4 is 35.2 Å². The third-order valence-corrected chi connectivity index (χ3v) is 5.89. The fourth-order valence-electron chi connectivity index (χ4n) is 4.27. The molecule has 10 heteroatoms. The predicted octanol–water partition coefficient (Wildman–Crippen LogP) is 2.87. The second-order valence-electron chi connectivity index (χ2n) is 7.89. The molecule has 0 radical (unpaired) electrons. The number of likely N-dealkylation sites (tertiary alicyclic amines) is 1. The summed E-state index contributed by atoms with van der Waals surface area (Å²) in [5.74, 6) is 0.595. The van der Waals surface area contributed by atoms with Crippen LogP contribution in [0.4, 0.5) is 27.4 Å². The lowest BCUT2D eigenvalue weighted by atomic mass is 10.1.